The molecule has 0 spiro atoms. The van der Waals surface area contributed by atoms with Gasteiger partial charge in [-0.2, -0.15) is 17.5 Å². The third-order valence-electron chi connectivity index (χ3n) is 5.72. The third kappa shape index (κ3) is 5.10. The Balaban J connectivity index is 1.58. The Hall–Kier alpha value is -1.65. The maximum atomic E-state index is 12.7. The zero-order valence-corrected chi connectivity index (χ0v) is 17.1. The molecule has 6 nitrogen and oxygen atoms in total. The monoisotopic (exact) mass is 433 g/mol. The van der Waals surface area contributed by atoms with Crippen LogP contribution in [0.3, 0.4) is 0 Å². The molecule has 3 rings (SSSR count). The summed E-state index contributed by atoms with van der Waals surface area (Å²) in [4.78, 5) is 14.2. The fraction of sp³-hybridized carbons (Fsp3) is 0.632. The van der Waals surface area contributed by atoms with E-state index in [1.807, 2.05) is 11.8 Å². The first kappa shape index (κ1) is 22.0. The van der Waals surface area contributed by atoms with E-state index in [9.17, 15) is 26.4 Å². The molecule has 0 unspecified atom stereocenters. The van der Waals surface area contributed by atoms with E-state index in [-0.39, 0.29) is 36.0 Å². The molecule has 0 radical (unpaired) electrons. The summed E-state index contributed by atoms with van der Waals surface area (Å²) in [5.41, 5.74) is -0.886. The summed E-state index contributed by atoms with van der Waals surface area (Å²) >= 11 is 0. The Kier molecular flexibility index (Phi) is 6.54. The van der Waals surface area contributed by atoms with Crippen molar-refractivity contribution in [3.63, 3.8) is 0 Å². The van der Waals surface area contributed by atoms with Gasteiger partial charge in [-0.3, -0.25) is 9.69 Å². The average Bonchev–Trinajstić information content (AvgIpc) is 3.20. The summed E-state index contributed by atoms with van der Waals surface area (Å²) < 4.78 is 64.8. The van der Waals surface area contributed by atoms with Crippen LogP contribution in [0, 0.1) is 0 Å². The lowest BCUT2D eigenvalue weighted by Gasteiger charge is -2.37. The normalized spacial score (nSPS) is 21.2. The van der Waals surface area contributed by atoms with Crippen molar-refractivity contribution < 1.29 is 26.4 Å². The van der Waals surface area contributed by atoms with E-state index in [1.54, 1.807) is 0 Å². The molecule has 1 saturated heterocycles. The lowest BCUT2D eigenvalue weighted by atomic mass is 10.2. The van der Waals surface area contributed by atoms with Gasteiger partial charge in [0.25, 0.3) is 0 Å². The Morgan fingerprint density at radius 3 is 2.14 bits per heavy atom. The van der Waals surface area contributed by atoms with E-state index in [0.717, 1.165) is 49.9 Å². The van der Waals surface area contributed by atoms with Crippen LogP contribution in [0.1, 0.15) is 38.2 Å². The molecule has 1 amide bonds. The number of nitrogens with zero attached hydrogens (tertiary/aromatic N) is 2. The molecule has 1 aliphatic heterocycles. The highest BCUT2D eigenvalue weighted by Crippen LogP contribution is 2.30. The van der Waals surface area contributed by atoms with Gasteiger partial charge < -0.3 is 5.32 Å². The van der Waals surface area contributed by atoms with Gasteiger partial charge in [0.05, 0.1) is 16.5 Å². The van der Waals surface area contributed by atoms with E-state index >= 15 is 0 Å². The molecule has 1 saturated carbocycles. The van der Waals surface area contributed by atoms with E-state index in [4.69, 9.17) is 0 Å². The van der Waals surface area contributed by atoms with Crippen LogP contribution in [0.25, 0.3) is 0 Å². The van der Waals surface area contributed by atoms with Crippen molar-refractivity contribution in [1.29, 1.82) is 0 Å². The number of piperazine rings is 1. The van der Waals surface area contributed by atoms with E-state index in [0.29, 0.717) is 13.1 Å². The lowest BCUT2D eigenvalue weighted by molar-refractivity contribution is -0.137. The SMILES string of the molecule is C[C@@H](C(=O)NC1CCCC1)N1CCN(S(=O)(=O)c2ccc(C(F)(F)F)cc2)CC1. The minimum absolute atomic E-state index is 0.0454. The maximum Gasteiger partial charge on any atom is 0.416 e. The number of alkyl halides is 3. The minimum Gasteiger partial charge on any atom is -0.352 e. The predicted molar refractivity (Wildman–Crippen MR) is 102 cm³/mol. The highest BCUT2D eigenvalue weighted by Gasteiger charge is 2.34. The number of carbonyl (C=O) groups excluding carboxylic acids is 1. The highest BCUT2D eigenvalue weighted by molar-refractivity contribution is 7.89. The van der Waals surface area contributed by atoms with Gasteiger partial charge in [0.2, 0.25) is 15.9 Å². The van der Waals surface area contributed by atoms with Gasteiger partial charge >= 0.3 is 6.18 Å². The molecular formula is C19H26F3N3O3S. The van der Waals surface area contributed by atoms with Crippen molar-refractivity contribution >= 4 is 15.9 Å². The van der Waals surface area contributed by atoms with E-state index in [1.165, 1.54) is 4.31 Å². The molecular weight excluding hydrogens is 407 g/mol. The van der Waals surface area contributed by atoms with Gasteiger partial charge in [-0.05, 0) is 44.0 Å². The fourth-order valence-corrected chi connectivity index (χ4v) is 5.28. The molecule has 2 fully saturated rings. The number of sulfonamides is 1. The number of benzene rings is 1. The summed E-state index contributed by atoms with van der Waals surface area (Å²) in [5, 5.41) is 3.06. The smallest absolute Gasteiger partial charge is 0.352 e. The number of hydrogen-bond acceptors (Lipinski definition) is 4. The van der Waals surface area contributed by atoms with Crippen molar-refractivity contribution in [2.45, 2.75) is 55.8 Å². The third-order valence-corrected chi connectivity index (χ3v) is 7.63. The van der Waals surface area contributed by atoms with Gasteiger partial charge in [-0.25, -0.2) is 8.42 Å². The molecule has 1 atom stereocenters. The summed E-state index contributed by atoms with van der Waals surface area (Å²) in [6.45, 7) is 2.96. The summed E-state index contributed by atoms with van der Waals surface area (Å²) in [7, 11) is -3.87. The van der Waals surface area contributed by atoms with Crippen LogP contribution < -0.4 is 5.32 Å². The van der Waals surface area contributed by atoms with Crippen LogP contribution >= 0.6 is 0 Å². The Labute approximate surface area is 169 Å². The first-order chi connectivity index (χ1) is 13.6. The van der Waals surface area contributed by atoms with Gasteiger partial charge in [0.15, 0.2) is 0 Å². The Morgan fingerprint density at radius 1 is 1.07 bits per heavy atom. The molecule has 1 N–H and O–H groups in total. The first-order valence-corrected chi connectivity index (χ1v) is 11.2. The number of rotatable bonds is 5. The maximum absolute atomic E-state index is 12.7. The molecule has 1 aromatic carbocycles. The molecule has 1 aliphatic carbocycles. The Bertz CT molecular complexity index is 813. The standard InChI is InChI=1S/C19H26F3N3O3S/c1-14(18(26)23-16-4-2-3-5-16)24-10-12-25(13-11-24)29(27,28)17-8-6-15(7-9-17)19(20,21)22/h6-9,14,16H,2-5,10-13H2,1H3,(H,23,26)/t14-/m0/s1. The van der Waals surface area contributed by atoms with E-state index in [2.05, 4.69) is 5.32 Å². The van der Waals surface area contributed by atoms with Gasteiger partial charge in [0, 0.05) is 32.2 Å². The highest BCUT2D eigenvalue weighted by atomic mass is 32.2. The molecule has 2 aliphatic rings. The van der Waals surface area contributed by atoms with E-state index < -0.39 is 21.8 Å². The second kappa shape index (κ2) is 8.61. The minimum atomic E-state index is -4.51. The van der Waals surface area contributed by atoms with Crippen molar-refractivity contribution in [2.24, 2.45) is 0 Å². The molecule has 1 aromatic rings. The van der Waals surface area contributed by atoms with Crippen LogP contribution in [0.4, 0.5) is 13.2 Å². The number of carbonyl (C=O) groups is 1. The van der Waals surface area contributed by atoms with Crippen LogP contribution in [0.5, 0.6) is 0 Å². The van der Waals surface area contributed by atoms with Crippen molar-refractivity contribution in [3.05, 3.63) is 29.8 Å². The second-order valence-corrected chi connectivity index (χ2v) is 9.57. The van der Waals surface area contributed by atoms with Gasteiger partial charge in [0.1, 0.15) is 0 Å². The van der Waals surface area contributed by atoms with Crippen LogP contribution in [0.15, 0.2) is 29.2 Å². The molecule has 10 heteroatoms. The van der Waals surface area contributed by atoms with Gasteiger partial charge in [-0.15, -0.1) is 0 Å². The fourth-order valence-electron chi connectivity index (χ4n) is 3.85. The van der Waals surface area contributed by atoms with Crippen LogP contribution in [-0.4, -0.2) is 61.8 Å². The summed E-state index contributed by atoms with van der Waals surface area (Å²) in [6, 6.07) is 3.40. The quantitative estimate of drug-likeness (QED) is 0.775. The number of nitrogens with one attached hydrogen (secondary N) is 1. The largest absolute Gasteiger partial charge is 0.416 e. The molecule has 29 heavy (non-hydrogen) atoms. The van der Waals surface area contributed by atoms with Crippen molar-refractivity contribution in [2.75, 3.05) is 26.2 Å². The van der Waals surface area contributed by atoms with Crippen molar-refractivity contribution in [1.82, 2.24) is 14.5 Å². The molecule has 1 heterocycles. The number of hydrogen-bond donors (Lipinski definition) is 1. The topological polar surface area (TPSA) is 69.7 Å². The number of amides is 1. The zero-order chi connectivity index (χ0) is 21.2. The van der Waals surface area contributed by atoms with Crippen molar-refractivity contribution in [3.8, 4) is 0 Å². The van der Waals surface area contributed by atoms with Crippen LogP contribution in [0.2, 0.25) is 0 Å². The molecule has 0 bridgehead atoms. The lowest BCUT2D eigenvalue weighted by Crippen LogP contribution is -2.55. The Morgan fingerprint density at radius 2 is 1.62 bits per heavy atom. The predicted octanol–water partition coefficient (Wildman–Crippen LogP) is 2.46. The zero-order valence-electron chi connectivity index (χ0n) is 16.3. The molecule has 162 valence electrons. The van der Waals surface area contributed by atoms with Gasteiger partial charge in [-0.1, -0.05) is 12.8 Å². The second-order valence-electron chi connectivity index (χ2n) is 7.63. The summed E-state index contributed by atoms with van der Waals surface area (Å²) in [6.07, 6.45) is -0.266. The average molecular weight is 433 g/mol. The molecule has 0 aromatic heterocycles. The number of halogens is 3. The van der Waals surface area contributed by atoms with Crippen LogP contribution in [-0.2, 0) is 21.0 Å². The summed E-state index contributed by atoms with van der Waals surface area (Å²) in [5.74, 6) is -0.0454. The first-order valence-electron chi connectivity index (χ1n) is 9.81.